The summed E-state index contributed by atoms with van der Waals surface area (Å²) in [5, 5.41) is 11.9. The number of carbonyl (C=O) groups is 1. The summed E-state index contributed by atoms with van der Waals surface area (Å²) in [6.45, 7) is 8.37. The summed E-state index contributed by atoms with van der Waals surface area (Å²) in [7, 11) is 0. The van der Waals surface area contributed by atoms with E-state index < -0.39 is 5.60 Å². The Morgan fingerprint density at radius 1 is 1.50 bits per heavy atom. The van der Waals surface area contributed by atoms with Crippen LogP contribution < -0.4 is 5.32 Å². The summed E-state index contributed by atoms with van der Waals surface area (Å²) < 4.78 is 5.15. The number of alkyl carbamates (subject to hydrolysis) is 1. The Hall–Kier alpha value is -0.810. The van der Waals surface area contributed by atoms with Crippen molar-refractivity contribution in [1.29, 1.82) is 0 Å². The number of hydrogen-bond acceptors (Lipinski definition) is 4. The van der Waals surface area contributed by atoms with Crippen LogP contribution in [0.1, 0.15) is 40.0 Å². The van der Waals surface area contributed by atoms with E-state index in [9.17, 15) is 9.90 Å². The molecular formula is C13H26N2O3. The van der Waals surface area contributed by atoms with Crippen LogP contribution in [-0.4, -0.2) is 54.0 Å². The SMILES string of the molecule is CC(C)(C)OC(=O)NCCCN1CCCC1CO. The predicted molar refractivity (Wildman–Crippen MR) is 70.5 cm³/mol. The number of aliphatic hydroxyl groups is 1. The van der Waals surface area contributed by atoms with E-state index in [2.05, 4.69) is 10.2 Å². The number of nitrogens with zero attached hydrogens (tertiary/aromatic N) is 1. The Morgan fingerprint density at radius 2 is 2.22 bits per heavy atom. The summed E-state index contributed by atoms with van der Waals surface area (Å²) >= 11 is 0. The third-order valence-electron chi connectivity index (χ3n) is 3.00. The number of carbonyl (C=O) groups excluding carboxylic acids is 1. The minimum atomic E-state index is -0.443. The minimum absolute atomic E-state index is 0.236. The molecule has 1 heterocycles. The maximum absolute atomic E-state index is 11.4. The van der Waals surface area contributed by atoms with Gasteiger partial charge < -0.3 is 15.2 Å². The van der Waals surface area contributed by atoms with Crippen molar-refractivity contribution in [3.63, 3.8) is 0 Å². The Morgan fingerprint density at radius 3 is 2.83 bits per heavy atom. The average molecular weight is 258 g/mol. The van der Waals surface area contributed by atoms with Crippen molar-refractivity contribution in [3.8, 4) is 0 Å². The van der Waals surface area contributed by atoms with Crippen LogP contribution in [0, 0.1) is 0 Å². The van der Waals surface area contributed by atoms with Gasteiger partial charge in [0, 0.05) is 19.1 Å². The lowest BCUT2D eigenvalue weighted by Gasteiger charge is -2.23. The quantitative estimate of drug-likeness (QED) is 0.731. The first-order chi connectivity index (χ1) is 8.42. The van der Waals surface area contributed by atoms with Gasteiger partial charge in [0.2, 0.25) is 0 Å². The first-order valence-corrected chi connectivity index (χ1v) is 6.74. The minimum Gasteiger partial charge on any atom is -0.444 e. The highest BCUT2D eigenvalue weighted by molar-refractivity contribution is 5.67. The van der Waals surface area contributed by atoms with E-state index in [1.807, 2.05) is 20.8 Å². The fourth-order valence-corrected chi connectivity index (χ4v) is 2.18. The first kappa shape index (κ1) is 15.2. The molecule has 5 heteroatoms. The Balaban J connectivity index is 2.10. The summed E-state index contributed by atoms with van der Waals surface area (Å²) in [6, 6.07) is 0.312. The largest absolute Gasteiger partial charge is 0.444 e. The summed E-state index contributed by atoms with van der Waals surface area (Å²) in [5.41, 5.74) is -0.443. The van der Waals surface area contributed by atoms with E-state index in [1.165, 1.54) is 0 Å². The molecule has 1 atom stereocenters. The molecule has 1 aliphatic rings. The van der Waals surface area contributed by atoms with Crippen molar-refractivity contribution in [2.75, 3.05) is 26.2 Å². The Bertz CT molecular complexity index is 263. The fourth-order valence-electron chi connectivity index (χ4n) is 2.18. The standard InChI is InChI=1S/C13H26N2O3/c1-13(2,3)18-12(17)14-7-5-9-15-8-4-6-11(15)10-16/h11,16H,4-10H2,1-3H3,(H,14,17). The van der Waals surface area contributed by atoms with Gasteiger partial charge in [-0.25, -0.2) is 4.79 Å². The predicted octanol–water partition coefficient (Wildman–Crippen LogP) is 1.36. The number of ether oxygens (including phenoxy) is 1. The zero-order valence-corrected chi connectivity index (χ0v) is 11.7. The van der Waals surface area contributed by atoms with Gasteiger partial charge in [0.05, 0.1) is 6.61 Å². The lowest BCUT2D eigenvalue weighted by atomic mass is 10.2. The zero-order valence-electron chi connectivity index (χ0n) is 11.7. The summed E-state index contributed by atoms with van der Waals surface area (Å²) in [5.74, 6) is 0. The Kier molecular flexibility index (Phi) is 5.88. The molecule has 1 rings (SSSR count). The number of hydrogen-bond donors (Lipinski definition) is 2. The van der Waals surface area contributed by atoms with Gasteiger partial charge in [-0.05, 0) is 46.6 Å². The lowest BCUT2D eigenvalue weighted by Crippen LogP contribution is -2.36. The van der Waals surface area contributed by atoms with Crippen molar-refractivity contribution >= 4 is 6.09 Å². The second-order valence-electron chi connectivity index (χ2n) is 5.80. The van der Waals surface area contributed by atoms with E-state index in [-0.39, 0.29) is 12.7 Å². The zero-order chi connectivity index (χ0) is 13.6. The van der Waals surface area contributed by atoms with Crippen molar-refractivity contribution in [1.82, 2.24) is 10.2 Å². The van der Waals surface area contributed by atoms with Crippen LogP contribution in [0.25, 0.3) is 0 Å². The highest BCUT2D eigenvalue weighted by Gasteiger charge is 2.22. The molecule has 1 saturated heterocycles. The molecule has 0 saturated carbocycles. The average Bonchev–Trinajstić information content (AvgIpc) is 2.69. The number of amides is 1. The molecule has 5 nitrogen and oxygen atoms in total. The maximum atomic E-state index is 11.4. The van der Waals surface area contributed by atoms with Gasteiger partial charge in [-0.2, -0.15) is 0 Å². The molecule has 1 amide bonds. The van der Waals surface area contributed by atoms with Crippen molar-refractivity contribution in [2.45, 2.75) is 51.7 Å². The third kappa shape index (κ3) is 5.69. The van der Waals surface area contributed by atoms with Crippen LogP contribution in [0.4, 0.5) is 4.79 Å². The fraction of sp³-hybridized carbons (Fsp3) is 0.923. The van der Waals surface area contributed by atoms with Gasteiger partial charge in [0.25, 0.3) is 0 Å². The molecule has 0 aromatic carbocycles. The molecule has 1 fully saturated rings. The molecular weight excluding hydrogens is 232 g/mol. The first-order valence-electron chi connectivity index (χ1n) is 6.74. The van der Waals surface area contributed by atoms with Crippen LogP contribution in [0.5, 0.6) is 0 Å². The highest BCUT2D eigenvalue weighted by atomic mass is 16.6. The molecule has 0 aliphatic carbocycles. The van der Waals surface area contributed by atoms with E-state index in [4.69, 9.17) is 4.74 Å². The van der Waals surface area contributed by atoms with Gasteiger partial charge in [-0.3, -0.25) is 4.90 Å². The molecule has 2 N–H and O–H groups in total. The second kappa shape index (κ2) is 6.95. The summed E-state index contributed by atoms with van der Waals surface area (Å²) in [6.07, 6.45) is 2.76. The number of aliphatic hydroxyl groups excluding tert-OH is 1. The van der Waals surface area contributed by atoms with Crippen molar-refractivity contribution < 1.29 is 14.6 Å². The highest BCUT2D eigenvalue weighted by Crippen LogP contribution is 2.16. The van der Waals surface area contributed by atoms with E-state index >= 15 is 0 Å². The number of rotatable bonds is 5. The molecule has 1 aliphatic heterocycles. The van der Waals surface area contributed by atoms with Crippen LogP contribution in [0.3, 0.4) is 0 Å². The lowest BCUT2D eigenvalue weighted by molar-refractivity contribution is 0.0524. The number of nitrogens with one attached hydrogen (secondary N) is 1. The van der Waals surface area contributed by atoms with Crippen LogP contribution >= 0.6 is 0 Å². The van der Waals surface area contributed by atoms with E-state index in [0.29, 0.717) is 12.6 Å². The van der Waals surface area contributed by atoms with Gasteiger partial charge in [0.15, 0.2) is 0 Å². The van der Waals surface area contributed by atoms with Crippen molar-refractivity contribution in [2.24, 2.45) is 0 Å². The normalized spacial score (nSPS) is 21.0. The van der Waals surface area contributed by atoms with Crippen molar-refractivity contribution in [3.05, 3.63) is 0 Å². The van der Waals surface area contributed by atoms with Crippen LogP contribution in [0.2, 0.25) is 0 Å². The monoisotopic (exact) mass is 258 g/mol. The van der Waals surface area contributed by atoms with Crippen LogP contribution in [0.15, 0.2) is 0 Å². The van der Waals surface area contributed by atoms with Gasteiger partial charge in [0.1, 0.15) is 5.60 Å². The molecule has 0 aromatic rings. The molecule has 0 aromatic heterocycles. The third-order valence-corrected chi connectivity index (χ3v) is 3.00. The number of likely N-dealkylation sites (tertiary alicyclic amines) is 1. The van der Waals surface area contributed by atoms with Gasteiger partial charge in [-0.15, -0.1) is 0 Å². The van der Waals surface area contributed by atoms with Crippen LogP contribution in [-0.2, 0) is 4.74 Å². The van der Waals surface area contributed by atoms with Gasteiger partial charge in [-0.1, -0.05) is 0 Å². The molecule has 1 unspecified atom stereocenters. The van der Waals surface area contributed by atoms with E-state index in [1.54, 1.807) is 0 Å². The maximum Gasteiger partial charge on any atom is 0.407 e. The second-order valence-corrected chi connectivity index (χ2v) is 5.80. The topological polar surface area (TPSA) is 61.8 Å². The molecule has 106 valence electrons. The molecule has 0 radical (unpaired) electrons. The molecule has 0 spiro atoms. The van der Waals surface area contributed by atoms with Gasteiger partial charge >= 0.3 is 6.09 Å². The molecule has 18 heavy (non-hydrogen) atoms. The summed E-state index contributed by atoms with van der Waals surface area (Å²) in [4.78, 5) is 13.7. The Labute approximate surface area is 109 Å². The molecule has 0 bridgehead atoms. The smallest absolute Gasteiger partial charge is 0.407 e. The van der Waals surface area contributed by atoms with E-state index in [0.717, 1.165) is 32.4 Å².